The van der Waals surface area contributed by atoms with E-state index < -0.39 is 0 Å². The van der Waals surface area contributed by atoms with Crippen LogP contribution in [-0.4, -0.2) is 27.2 Å². The number of aromatic nitrogens is 2. The maximum Gasteiger partial charge on any atom is 0.254 e. The smallest absolute Gasteiger partial charge is 0.254 e. The summed E-state index contributed by atoms with van der Waals surface area (Å²) in [6.45, 7) is 6.05. The molecule has 94 valence electrons. The third kappa shape index (κ3) is 3.03. The Bertz CT molecular complexity index is 450. The fourth-order valence-electron chi connectivity index (χ4n) is 1.21. The van der Waals surface area contributed by atoms with Crippen LogP contribution in [0.5, 0.6) is 0 Å². The second kappa shape index (κ2) is 4.83. The highest BCUT2D eigenvalue weighted by atomic mass is 32.1. The van der Waals surface area contributed by atoms with Crippen LogP contribution in [0, 0.1) is 12.3 Å². The summed E-state index contributed by atoms with van der Waals surface area (Å²) in [5, 5.41) is 6.84. The summed E-state index contributed by atoms with van der Waals surface area (Å²) in [7, 11) is 1.80. The lowest BCUT2D eigenvalue weighted by atomic mass is 9.93. The Kier molecular flexibility index (Phi) is 3.87. The van der Waals surface area contributed by atoms with Gasteiger partial charge >= 0.3 is 0 Å². The Morgan fingerprint density at radius 1 is 1.65 bits per heavy atom. The molecule has 0 atom stereocenters. The van der Waals surface area contributed by atoms with Crippen LogP contribution >= 0.6 is 12.2 Å². The third-order valence-electron chi connectivity index (χ3n) is 2.84. The van der Waals surface area contributed by atoms with Gasteiger partial charge in [-0.2, -0.15) is 5.10 Å². The molecule has 0 spiro atoms. The van der Waals surface area contributed by atoms with Crippen molar-refractivity contribution < 1.29 is 4.79 Å². The molecule has 0 fully saturated rings. The molecule has 1 aromatic heterocycles. The minimum atomic E-state index is -0.388. The molecular formula is C11H18N4OS. The van der Waals surface area contributed by atoms with E-state index in [-0.39, 0.29) is 11.3 Å². The van der Waals surface area contributed by atoms with Crippen molar-refractivity contribution in [1.82, 2.24) is 15.1 Å². The number of nitrogens with zero attached hydrogens (tertiary/aromatic N) is 2. The van der Waals surface area contributed by atoms with Crippen molar-refractivity contribution in [3.8, 4) is 0 Å². The number of carbonyl (C=O) groups is 1. The largest absolute Gasteiger partial charge is 0.393 e. The first-order valence-corrected chi connectivity index (χ1v) is 5.73. The van der Waals surface area contributed by atoms with Gasteiger partial charge in [-0.25, -0.2) is 0 Å². The molecule has 3 N–H and O–H groups in total. The first kappa shape index (κ1) is 13.6. The quantitative estimate of drug-likeness (QED) is 0.778. The molecule has 0 bridgehead atoms. The number of hydrogen-bond acceptors (Lipinski definition) is 3. The van der Waals surface area contributed by atoms with Gasteiger partial charge in [0.25, 0.3) is 5.91 Å². The van der Waals surface area contributed by atoms with E-state index in [1.165, 1.54) is 0 Å². The Balaban J connectivity index is 2.69. The van der Waals surface area contributed by atoms with Crippen molar-refractivity contribution in [1.29, 1.82) is 0 Å². The van der Waals surface area contributed by atoms with E-state index in [1.807, 2.05) is 20.8 Å². The van der Waals surface area contributed by atoms with Gasteiger partial charge in [-0.15, -0.1) is 0 Å². The van der Waals surface area contributed by atoms with Gasteiger partial charge in [-0.3, -0.25) is 9.48 Å². The zero-order valence-corrected chi connectivity index (χ0v) is 11.4. The number of carbonyl (C=O) groups excluding carboxylic acids is 1. The first-order valence-electron chi connectivity index (χ1n) is 5.32. The van der Waals surface area contributed by atoms with Crippen LogP contribution in [0.2, 0.25) is 0 Å². The van der Waals surface area contributed by atoms with Crippen LogP contribution < -0.4 is 11.1 Å². The molecule has 0 saturated carbocycles. The van der Waals surface area contributed by atoms with Crippen molar-refractivity contribution >= 4 is 23.1 Å². The average molecular weight is 254 g/mol. The van der Waals surface area contributed by atoms with Crippen LogP contribution in [0.3, 0.4) is 0 Å². The monoisotopic (exact) mass is 254 g/mol. The minimum Gasteiger partial charge on any atom is -0.393 e. The molecule has 0 aliphatic carbocycles. The second-order valence-corrected chi connectivity index (χ2v) is 5.14. The molecule has 5 nitrogen and oxygen atoms in total. The molecule has 6 heteroatoms. The summed E-state index contributed by atoms with van der Waals surface area (Å²) < 4.78 is 1.66. The molecule has 1 heterocycles. The van der Waals surface area contributed by atoms with Crippen LogP contribution in [-0.2, 0) is 7.05 Å². The Labute approximate surface area is 106 Å². The summed E-state index contributed by atoms with van der Waals surface area (Å²) in [6.07, 6.45) is 1.55. The number of nitrogens with one attached hydrogen (secondary N) is 1. The standard InChI is InChI=1S/C11H18N4OS/c1-7-8(5-14-15(7)4)9(16)13-6-11(2,3)10(12)17/h5H,6H2,1-4H3,(H2,12,17)(H,13,16). The lowest BCUT2D eigenvalue weighted by molar-refractivity contribution is 0.0944. The number of aryl methyl sites for hydroxylation is 1. The van der Waals surface area contributed by atoms with Crippen molar-refractivity contribution in [3.63, 3.8) is 0 Å². The van der Waals surface area contributed by atoms with Crippen molar-refractivity contribution in [2.45, 2.75) is 20.8 Å². The maximum atomic E-state index is 11.9. The molecule has 1 aromatic rings. The predicted octanol–water partition coefficient (Wildman–Crippen LogP) is 0.771. The first-order chi connectivity index (χ1) is 7.75. The van der Waals surface area contributed by atoms with E-state index in [0.29, 0.717) is 17.1 Å². The lowest BCUT2D eigenvalue weighted by Crippen LogP contribution is -2.41. The number of hydrogen-bond donors (Lipinski definition) is 2. The van der Waals surface area contributed by atoms with E-state index in [9.17, 15) is 4.79 Å². The zero-order chi connectivity index (χ0) is 13.2. The molecule has 17 heavy (non-hydrogen) atoms. The van der Waals surface area contributed by atoms with Crippen LogP contribution in [0.25, 0.3) is 0 Å². The fraction of sp³-hybridized carbons (Fsp3) is 0.545. The number of thiocarbonyl (C=S) groups is 1. The van der Waals surface area contributed by atoms with Gasteiger partial charge in [0, 0.05) is 24.7 Å². The number of nitrogens with two attached hydrogens (primary N) is 1. The minimum absolute atomic E-state index is 0.153. The molecular weight excluding hydrogens is 236 g/mol. The third-order valence-corrected chi connectivity index (χ3v) is 3.39. The maximum absolute atomic E-state index is 11.9. The van der Waals surface area contributed by atoms with Crippen LogP contribution in [0.4, 0.5) is 0 Å². The van der Waals surface area contributed by atoms with E-state index in [2.05, 4.69) is 10.4 Å². The molecule has 1 rings (SSSR count). The van der Waals surface area contributed by atoms with E-state index in [0.717, 1.165) is 5.69 Å². The van der Waals surface area contributed by atoms with Crippen LogP contribution in [0.1, 0.15) is 29.9 Å². The molecule has 0 radical (unpaired) electrons. The van der Waals surface area contributed by atoms with Gasteiger partial charge in [0.15, 0.2) is 0 Å². The Morgan fingerprint density at radius 3 is 2.65 bits per heavy atom. The molecule has 0 aliphatic rings. The van der Waals surface area contributed by atoms with Gasteiger partial charge in [0.1, 0.15) is 0 Å². The second-order valence-electron chi connectivity index (χ2n) is 4.70. The Morgan fingerprint density at radius 2 is 2.24 bits per heavy atom. The molecule has 0 aromatic carbocycles. The van der Waals surface area contributed by atoms with Crippen molar-refractivity contribution in [3.05, 3.63) is 17.5 Å². The van der Waals surface area contributed by atoms with Gasteiger partial charge in [0.2, 0.25) is 0 Å². The molecule has 0 saturated heterocycles. The highest BCUT2D eigenvalue weighted by molar-refractivity contribution is 7.80. The normalized spacial score (nSPS) is 11.3. The zero-order valence-electron chi connectivity index (χ0n) is 10.6. The number of amides is 1. The summed E-state index contributed by atoms with van der Waals surface area (Å²) in [4.78, 5) is 12.3. The van der Waals surface area contributed by atoms with Crippen molar-refractivity contribution in [2.24, 2.45) is 18.2 Å². The predicted molar refractivity (Wildman–Crippen MR) is 70.8 cm³/mol. The van der Waals surface area contributed by atoms with E-state index >= 15 is 0 Å². The lowest BCUT2D eigenvalue weighted by Gasteiger charge is -2.23. The summed E-state index contributed by atoms with van der Waals surface area (Å²) in [6, 6.07) is 0. The highest BCUT2D eigenvalue weighted by Crippen LogP contribution is 2.14. The highest BCUT2D eigenvalue weighted by Gasteiger charge is 2.23. The topological polar surface area (TPSA) is 72.9 Å². The molecule has 0 unspecified atom stereocenters. The summed E-state index contributed by atoms with van der Waals surface area (Å²) in [5.41, 5.74) is 6.61. The van der Waals surface area contributed by atoms with Gasteiger partial charge in [-0.05, 0) is 6.92 Å². The average Bonchev–Trinajstić information content (AvgIpc) is 2.56. The van der Waals surface area contributed by atoms with Gasteiger partial charge < -0.3 is 11.1 Å². The van der Waals surface area contributed by atoms with Gasteiger partial charge in [0.05, 0.1) is 16.7 Å². The van der Waals surface area contributed by atoms with Crippen molar-refractivity contribution in [2.75, 3.05) is 6.54 Å². The van der Waals surface area contributed by atoms with E-state index in [1.54, 1.807) is 17.9 Å². The van der Waals surface area contributed by atoms with E-state index in [4.69, 9.17) is 18.0 Å². The Hall–Kier alpha value is -1.43. The fourth-order valence-corrected chi connectivity index (χ4v) is 1.28. The number of rotatable bonds is 4. The molecule has 0 aliphatic heterocycles. The van der Waals surface area contributed by atoms with Gasteiger partial charge in [-0.1, -0.05) is 26.1 Å². The SMILES string of the molecule is Cc1c(C(=O)NCC(C)(C)C(N)=S)cnn1C. The van der Waals surface area contributed by atoms with Crippen LogP contribution in [0.15, 0.2) is 6.20 Å². The molecule has 1 amide bonds. The summed E-state index contributed by atoms with van der Waals surface area (Å²) in [5.74, 6) is -0.153. The summed E-state index contributed by atoms with van der Waals surface area (Å²) >= 11 is 4.94.